The zero-order valence-electron chi connectivity index (χ0n) is 13.9. The maximum atomic E-state index is 12.7. The fraction of sp³-hybridized carbons (Fsp3) is 0.471. The van der Waals surface area contributed by atoms with Gasteiger partial charge in [-0.25, -0.2) is 4.98 Å². The van der Waals surface area contributed by atoms with Gasteiger partial charge < -0.3 is 10.3 Å². The van der Waals surface area contributed by atoms with Crippen LogP contribution in [0.3, 0.4) is 0 Å². The third-order valence-electron chi connectivity index (χ3n) is 4.06. The molecule has 0 amide bonds. The summed E-state index contributed by atoms with van der Waals surface area (Å²) in [6, 6.07) is 5.45. The monoisotopic (exact) mass is 340 g/mol. The number of hydrogen-bond donors (Lipinski definition) is 2. The summed E-state index contributed by atoms with van der Waals surface area (Å²) < 4.78 is 38.2. The number of hydrogen-bond acceptors (Lipinski definition) is 3. The van der Waals surface area contributed by atoms with Crippen LogP contribution in [-0.2, 0) is 12.7 Å². The molecule has 0 aliphatic rings. The van der Waals surface area contributed by atoms with Gasteiger partial charge in [0.1, 0.15) is 5.82 Å². The second-order valence-electron chi connectivity index (χ2n) is 5.52. The van der Waals surface area contributed by atoms with Crippen molar-refractivity contribution >= 4 is 0 Å². The van der Waals surface area contributed by atoms with Crippen LogP contribution in [0.5, 0.6) is 0 Å². The van der Waals surface area contributed by atoms with Gasteiger partial charge in [0.25, 0.3) is 0 Å². The van der Waals surface area contributed by atoms with Crippen LogP contribution in [-0.4, -0.2) is 34.5 Å². The Morgan fingerprint density at radius 3 is 2.33 bits per heavy atom. The Labute approximate surface area is 140 Å². The lowest BCUT2D eigenvalue weighted by Gasteiger charge is -2.30. The largest absolute Gasteiger partial charge is 0.416 e. The molecule has 2 rings (SSSR count). The Morgan fingerprint density at radius 2 is 1.83 bits per heavy atom. The van der Waals surface area contributed by atoms with Gasteiger partial charge >= 0.3 is 6.18 Å². The molecule has 0 saturated heterocycles. The van der Waals surface area contributed by atoms with Crippen molar-refractivity contribution < 1.29 is 13.2 Å². The SMILES string of the molecule is CCN(CC)C(CNCc1ncc[nH]1)c1ccc(C(F)(F)F)cc1. The van der Waals surface area contributed by atoms with Crippen molar-refractivity contribution in [2.75, 3.05) is 19.6 Å². The zero-order valence-corrected chi connectivity index (χ0v) is 13.9. The Hall–Kier alpha value is -1.86. The molecular formula is C17H23F3N4. The molecule has 132 valence electrons. The fourth-order valence-electron chi connectivity index (χ4n) is 2.74. The molecule has 1 aromatic carbocycles. The van der Waals surface area contributed by atoms with Gasteiger partial charge in [-0.1, -0.05) is 26.0 Å². The molecule has 0 bridgehead atoms. The van der Waals surface area contributed by atoms with Gasteiger partial charge in [0.05, 0.1) is 12.1 Å². The maximum Gasteiger partial charge on any atom is 0.416 e. The fourth-order valence-corrected chi connectivity index (χ4v) is 2.74. The topological polar surface area (TPSA) is 44.0 Å². The Kier molecular flexibility index (Phi) is 6.39. The summed E-state index contributed by atoms with van der Waals surface area (Å²) in [6.45, 7) is 6.97. The van der Waals surface area contributed by atoms with Crippen LogP contribution in [0.1, 0.15) is 36.8 Å². The van der Waals surface area contributed by atoms with Crippen LogP contribution < -0.4 is 5.32 Å². The second-order valence-corrected chi connectivity index (χ2v) is 5.52. The molecule has 1 heterocycles. The first-order chi connectivity index (χ1) is 11.5. The van der Waals surface area contributed by atoms with Crippen molar-refractivity contribution in [3.63, 3.8) is 0 Å². The average Bonchev–Trinajstić information content (AvgIpc) is 3.07. The van der Waals surface area contributed by atoms with Gasteiger partial charge in [-0.3, -0.25) is 4.90 Å². The molecule has 24 heavy (non-hydrogen) atoms. The molecule has 2 aromatic rings. The van der Waals surface area contributed by atoms with Crippen LogP contribution in [0.25, 0.3) is 0 Å². The third-order valence-corrected chi connectivity index (χ3v) is 4.06. The van der Waals surface area contributed by atoms with Crippen LogP contribution in [0.4, 0.5) is 13.2 Å². The van der Waals surface area contributed by atoms with E-state index in [-0.39, 0.29) is 6.04 Å². The highest BCUT2D eigenvalue weighted by atomic mass is 19.4. The zero-order chi connectivity index (χ0) is 17.6. The van der Waals surface area contributed by atoms with Crippen molar-refractivity contribution in [3.8, 4) is 0 Å². The summed E-state index contributed by atoms with van der Waals surface area (Å²) in [7, 11) is 0. The molecule has 1 aromatic heterocycles. The summed E-state index contributed by atoms with van der Waals surface area (Å²) in [5.74, 6) is 0.834. The van der Waals surface area contributed by atoms with Crippen molar-refractivity contribution in [3.05, 3.63) is 53.6 Å². The van der Waals surface area contributed by atoms with E-state index in [1.165, 1.54) is 0 Å². The van der Waals surface area contributed by atoms with Crippen LogP contribution in [0, 0.1) is 0 Å². The molecule has 0 spiro atoms. The lowest BCUT2D eigenvalue weighted by Crippen LogP contribution is -2.35. The van der Waals surface area contributed by atoms with E-state index in [1.807, 2.05) is 13.8 Å². The van der Waals surface area contributed by atoms with Gasteiger partial charge in [0.2, 0.25) is 0 Å². The van der Waals surface area contributed by atoms with Crippen molar-refractivity contribution in [2.24, 2.45) is 0 Å². The van der Waals surface area contributed by atoms with Gasteiger partial charge in [0.15, 0.2) is 0 Å². The lowest BCUT2D eigenvalue weighted by molar-refractivity contribution is -0.137. The summed E-state index contributed by atoms with van der Waals surface area (Å²) >= 11 is 0. The number of likely N-dealkylation sites (N-methyl/N-ethyl adjacent to an activating group) is 1. The van der Waals surface area contributed by atoms with E-state index in [1.54, 1.807) is 24.5 Å². The average molecular weight is 340 g/mol. The van der Waals surface area contributed by atoms with Gasteiger partial charge in [-0.05, 0) is 30.8 Å². The van der Waals surface area contributed by atoms with Crippen molar-refractivity contribution in [1.29, 1.82) is 0 Å². The number of aromatic nitrogens is 2. The molecule has 1 unspecified atom stereocenters. The quantitative estimate of drug-likeness (QED) is 0.772. The van der Waals surface area contributed by atoms with E-state index < -0.39 is 11.7 Å². The second kappa shape index (κ2) is 8.30. The van der Waals surface area contributed by atoms with E-state index in [2.05, 4.69) is 20.2 Å². The summed E-state index contributed by atoms with van der Waals surface area (Å²) in [5, 5.41) is 3.32. The molecule has 0 radical (unpaired) electrons. The summed E-state index contributed by atoms with van der Waals surface area (Å²) in [6.07, 6.45) is -0.857. The minimum atomic E-state index is -4.30. The number of aromatic amines is 1. The summed E-state index contributed by atoms with van der Waals surface area (Å²) in [5.41, 5.74) is 0.256. The van der Waals surface area contributed by atoms with Crippen LogP contribution in [0.2, 0.25) is 0 Å². The number of rotatable bonds is 8. The Bertz CT molecular complexity index is 589. The smallest absolute Gasteiger partial charge is 0.348 e. The lowest BCUT2D eigenvalue weighted by atomic mass is 10.0. The molecule has 0 saturated carbocycles. The van der Waals surface area contributed by atoms with Gasteiger partial charge in [0, 0.05) is 25.0 Å². The molecular weight excluding hydrogens is 317 g/mol. The molecule has 0 aliphatic heterocycles. The van der Waals surface area contributed by atoms with E-state index in [9.17, 15) is 13.2 Å². The number of nitrogens with zero attached hydrogens (tertiary/aromatic N) is 2. The first kappa shape index (κ1) is 18.5. The highest BCUT2D eigenvalue weighted by Gasteiger charge is 2.30. The van der Waals surface area contributed by atoms with E-state index in [4.69, 9.17) is 0 Å². The molecule has 1 atom stereocenters. The molecule has 2 N–H and O–H groups in total. The van der Waals surface area contributed by atoms with E-state index in [0.29, 0.717) is 13.1 Å². The first-order valence-corrected chi connectivity index (χ1v) is 8.05. The number of benzene rings is 1. The van der Waals surface area contributed by atoms with E-state index in [0.717, 1.165) is 36.6 Å². The molecule has 0 fully saturated rings. The highest BCUT2D eigenvalue weighted by Crippen LogP contribution is 2.30. The van der Waals surface area contributed by atoms with Gasteiger partial charge in [-0.15, -0.1) is 0 Å². The number of H-pyrrole nitrogens is 1. The van der Waals surface area contributed by atoms with Gasteiger partial charge in [-0.2, -0.15) is 13.2 Å². The molecule has 7 heteroatoms. The highest BCUT2D eigenvalue weighted by molar-refractivity contribution is 5.27. The third kappa shape index (κ3) is 4.82. The first-order valence-electron chi connectivity index (χ1n) is 8.05. The summed E-state index contributed by atoms with van der Waals surface area (Å²) in [4.78, 5) is 9.39. The Morgan fingerprint density at radius 1 is 1.17 bits per heavy atom. The van der Waals surface area contributed by atoms with Crippen molar-refractivity contribution in [2.45, 2.75) is 32.6 Å². The predicted molar refractivity (Wildman–Crippen MR) is 87.4 cm³/mol. The number of alkyl halides is 3. The number of halogens is 3. The van der Waals surface area contributed by atoms with Crippen LogP contribution >= 0.6 is 0 Å². The molecule has 4 nitrogen and oxygen atoms in total. The molecule has 0 aliphatic carbocycles. The van der Waals surface area contributed by atoms with Crippen molar-refractivity contribution in [1.82, 2.24) is 20.2 Å². The normalized spacial score (nSPS) is 13.4. The Balaban J connectivity index is 2.10. The standard InChI is InChI=1S/C17H23F3N4/c1-3-24(4-2)15(11-21-12-16-22-9-10-23-16)13-5-7-14(8-6-13)17(18,19)20/h5-10,15,21H,3-4,11-12H2,1-2H3,(H,22,23). The minimum absolute atomic E-state index is 0.0113. The maximum absolute atomic E-state index is 12.7. The van der Waals surface area contributed by atoms with Crippen LogP contribution in [0.15, 0.2) is 36.7 Å². The number of nitrogens with one attached hydrogen (secondary N) is 2. The minimum Gasteiger partial charge on any atom is -0.348 e. The van der Waals surface area contributed by atoms with E-state index >= 15 is 0 Å². The predicted octanol–water partition coefficient (Wildman–Crippen LogP) is 3.60. The number of imidazole rings is 1.